The van der Waals surface area contributed by atoms with E-state index in [1.807, 2.05) is 13.0 Å². The Morgan fingerprint density at radius 3 is 2.60 bits per heavy atom. The number of benzene rings is 1. The van der Waals surface area contributed by atoms with Crippen molar-refractivity contribution >= 4 is 17.4 Å². The van der Waals surface area contributed by atoms with Crippen LogP contribution in [-0.2, 0) is 4.79 Å². The largest absolute Gasteiger partial charge is 0.493 e. The van der Waals surface area contributed by atoms with Gasteiger partial charge in [0.1, 0.15) is 5.82 Å². The third-order valence-electron chi connectivity index (χ3n) is 3.54. The van der Waals surface area contributed by atoms with Crippen LogP contribution in [0.5, 0.6) is 11.5 Å². The van der Waals surface area contributed by atoms with E-state index in [4.69, 9.17) is 9.47 Å². The first-order chi connectivity index (χ1) is 12.2. The highest BCUT2D eigenvalue weighted by Gasteiger charge is 2.08. The molecule has 7 nitrogen and oxygen atoms in total. The number of hydrogen-bond donors (Lipinski definition) is 3. The first-order valence-electron chi connectivity index (χ1n) is 8.05. The zero-order chi connectivity index (χ0) is 18.1. The van der Waals surface area contributed by atoms with Crippen LogP contribution in [0, 0.1) is 0 Å². The third kappa shape index (κ3) is 5.65. The lowest BCUT2D eigenvalue weighted by Crippen LogP contribution is -2.23. The lowest BCUT2D eigenvalue weighted by atomic mass is 10.2. The molecule has 0 spiro atoms. The van der Waals surface area contributed by atoms with Crippen LogP contribution in [0.25, 0.3) is 0 Å². The molecule has 0 aliphatic carbocycles. The fourth-order valence-corrected chi connectivity index (χ4v) is 2.12. The van der Waals surface area contributed by atoms with E-state index in [1.165, 1.54) is 0 Å². The van der Waals surface area contributed by atoms with Gasteiger partial charge in [-0.25, -0.2) is 4.98 Å². The number of nitrogens with zero attached hydrogens (tertiary/aromatic N) is 1. The first kappa shape index (κ1) is 18.5. The van der Waals surface area contributed by atoms with Crippen molar-refractivity contribution in [1.82, 2.24) is 4.98 Å². The van der Waals surface area contributed by atoms with Crippen molar-refractivity contribution in [3.63, 3.8) is 0 Å². The number of para-hydroxylation sites is 2. The molecule has 0 saturated carbocycles. The van der Waals surface area contributed by atoms with Gasteiger partial charge in [-0.1, -0.05) is 19.1 Å². The van der Waals surface area contributed by atoms with Crippen LogP contribution >= 0.6 is 0 Å². The smallest absolute Gasteiger partial charge is 0.262 e. The van der Waals surface area contributed by atoms with Crippen LogP contribution in [0.1, 0.15) is 13.3 Å². The summed E-state index contributed by atoms with van der Waals surface area (Å²) < 4.78 is 10.6. The van der Waals surface area contributed by atoms with Gasteiger partial charge in [0.05, 0.1) is 31.6 Å². The SMILES string of the molecule is CCC(CO)Nc1ccc(NC(=O)COc2ccccc2OC)cn1. The predicted octanol–water partition coefficient (Wildman–Crippen LogP) is 2.29. The molecular formula is C18H23N3O4. The Balaban J connectivity index is 1.86. The number of amides is 1. The lowest BCUT2D eigenvalue weighted by molar-refractivity contribution is -0.118. The van der Waals surface area contributed by atoms with Crippen molar-refractivity contribution in [1.29, 1.82) is 0 Å². The van der Waals surface area contributed by atoms with E-state index < -0.39 is 0 Å². The van der Waals surface area contributed by atoms with Crippen molar-refractivity contribution in [3.8, 4) is 11.5 Å². The molecule has 0 saturated heterocycles. The zero-order valence-corrected chi connectivity index (χ0v) is 14.4. The van der Waals surface area contributed by atoms with Gasteiger partial charge < -0.3 is 25.2 Å². The van der Waals surface area contributed by atoms with Crippen LogP contribution in [0.15, 0.2) is 42.6 Å². The Hall–Kier alpha value is -2.80. The number of hydrogen-bond acceptors (Lipinski definition) is 6. The minimum Gasteiger partial charge on any atom is -0.493 e. The Morgan fingerprint density at radius 2 is 2.00 bits per heavy atom. The Kier molecular flexibility index (Phi) is 7.03. The highest BCUT2D eigenvalue weighted by Crippen LogP contribution is 2.25. The molecule has 1 unspecified atom stereocenters. The van der Waals surface area contributed by atoms with Crippen molar-refractivity contribution in [2.45, 2.75) is 19.4 Å². The molecule has 1 atom stereocenters. The average Bonchev–Trinajstić information content (AvgIpc) is 2.66. The number of pyridine rings is 1. The number of aliphatic hydroxyl groups is 1. The molecular weight excluding hydrogens is 322 g/mol. The second-order valence-electron chi connectivity index (χ2n) is 5.35. The first-order valence-corrected chi connectivity index (χ1v) is 8.05. The summed E-state index contributed by atoms with van der Waals surface area (Å²) in [5, 5.41) is 15.0. The van der Waals surface area contributed by atoms with E-state index in [1.54, 1.807) is 43.6 Å². The van der Waals surface area contributed by atoms with Gasteiger partial charge in [-0.3, -0.25) is 4.79 Å². The van der Waals surface area contributed by atoms with E-state index >= 15 is 0 Å². The van der Waals surface area contributed by atoms with Crippen LogP contribution in [0.3, 0.4) is 0 Å². The van der Waals surface area contributed by atoms with Crippen molar-refractivity contribution in [3.05, 3.63) is 42.6 Å². The Morgan fingerprint density at radius 1 is 1.24 bits per heavy atom. The third-order valence-corrected chi connectivity index (χ3v) is 3.54. The molecule has 0 aliphatic rings. The molecule has 1 heterocycles. The maximum Gasteiger partial charge on any atom is 0.262 e. The highest BCUT2D eigenvalue weighted by atomic mass is 16.5. The molecule has 1 aromatic carbocycles. The van der Waals surface area contributed by atoms with E-state index in [-0.39, 0.29) is 25.2 Å². The molecule has 0 radical (unpaired) electrons. The number of rotatable bonds is 9. The predicted molar refractivity (Wildman–Crippen MR) is 96.1 cm³/mol. The summed E-state index contributed by atoms with van der Waals surface area (Å²) in [6.07, 6.45) is 2.34. The Bertz CT molecular complexity index is 672. The molecule has 0 aliphatic heterocycles. The van der Waals surface area contributed by atoms with E-state index in [2.05, 4.69) is 15.6 Å². The summed E-state index contributed by atoms with van der Waals surface area (Å²) >= 11 is 0. The van der Waals surface area contributed by atoms with E-state index in [9.17, 15) is 9.90 Å². The van der Waals surface area contributed by atoms with Gasteiger partial charge in [0.25, 0.3) is 5.91 Å². The van der Waals surface area contributed by atoms with Gasteiger partial charge >= 0.3 is 0 Å². The monoisotopic (exact) mass is 345 g/mol. The maximum absolute atomic E-state index is 12.0. The van der Waals surface area contributed by atoms with Crippen LogP contribution in [-0.4, -0.2) is 42.4 Å². The zero-order valence-electron chi connectivity index (χ0n) is 14.4. The Labute approximate surface area is 147 Å². The number of carbonyl (C=O) groups is 1. The summed E-state index contributed by atoms with van der Waals surface area (Å²) in [6.45, 7) is 1.88. The summed E-state index contributed by atoms with van der Waals surface area (Å²) in [6, 6.07) is 10.6. The summed E-state index contributed by atoms with van der Waals surface area (Å²) in [7, 11) is 1.55. The van der Waals surface area contributed by atoms with Crippen molar-refractivity contribution < 1.29 is 19.4 Å². The van der Waals surface area contributed by atoms with Crippen molar-refractivity contribution in [2.24, 2.45) is 0 Å². The number of aliphatic hydroxyl groups excluding tert-OH is 1. The fourth-order valence-electron chi connectivity index (χ4n) is 2.12. The van der Waals surface area contributed by atoms with Gasteiger partial charge in [0, 0.05) is 0 Å². The average molecular weight is 345 g/mol. The number of ether oxygens (including phenoxy) is 2. The number of nitrogens with one attached hydrogen (secondary N) is 2. The quantitative estimate of drug-likeness (QED) is 0.646. The molecule has 3 N–H and O–H groups in total. The molecule has 2 aromatic rings. The standard InChI is InChI=1S/C18H23N3O4/c1-3-13(11-22)20-17-9-8-14(10-19-17)21-18(23)12-25-16-7-5-4-6-15(16)24-2/h4-10,13,22H,3,11-12H2,1-2H3,(H,19,20)(H,21,23). The molecule has 1 amide bonds. The summed E-state index contributed by atoms with van der Waals surface area (Å²) in [5.41, 5.74) is 0.566. The molecule has 0 fully saturated rings. The lowest BCUT2D eigenvalue weighted by Gasteiger charge is -2.15. The van der Waals surface area contributed by atoms with E-state index in [0.29, 0.717) is 23.0 Å². The topological polar surface area (TPSA) is 92.7 Å². The van der Waals surface area contributed by atoms with Crippen molar-refractivity contribution in [2.75, 3.05) is 31.0 Å². The van der Waals surface area contributed by atoms with Gasteiger partial charge in [0.2, 0.25) is 0 Å². The highest BCUT2D eigenvalue weighted by molar-refractivity contribution is 5.91. The second-order valence-corrected chi connectivity index (χ2v) is 5.35. The molecule has 7 heteroatoms. The van der Waals surface area contributed by atoms with Crippen LogP contribution < -0.4 is 20.1 Å². The van der Waals surface area contributed by atoms with Crippen LogP contribution in [0.2, 0.25) is 0 Å². The molecule has 0 bridgehead atoms. The number of methoxy groups -OCH3 is 1. The van der Waals surface area contributed by atoms with Gasteiger partial charge in [-0.2, -0.15) is 0 Å². The summed E-state index contributed by atoms with van der Waals surface area (Å²) in [4.78, 5) is 16.2. The molecule has 1 aromatic heterocycles. The molecule has 2 rings (SSSR count). The number of carbonyl (C=O) groups excluding carboxylic acids is 1. The van der Waals surface area contributed by atoms with Gasteiger partial charge in [0.15, 0.2) is 18.1 Å². The minimum absolute atomic E-state index is 0.0386. The number of aromatic nitrogens is 1. The van der Waals surface area contributed by atoms with Gasteiger partial charge in [-0.05, 0) is 30.7 Å². The molecule has 25 heavy (non-hydrogen) atoms. The fraction of sp³-hybridized carbons (Fsp3) is 0.333. The summed E-state index contributed by atoms with van der Waals surface area (Å²) in [5.74, 6) is 1.42. The maximum atomic E-state index is 12.0. The second kappa shape index (κ2) is 9.48. The van der Waals surface area contributed by atoms with Crippen LogP contribution in [0.4, 0.5) is 11.5 Å². The minimum atomic E-state index is -0.296. The number of anilines is 2. The van der Waals surface area contributed by atoms with E-state index in [0.717, 1.165) is 6.42 Å². The normalized spacial score (nSPS) is 11.5. The van der Waals surface area contributed by atoms with Gasteiger partial charge in [-0.15, -0.1) is 0 Å². The molecule has 134 valence electrons.